The quantitative estimate of drug-likeness (QED) is 0.654. The van der Waals surface area contributed by atoms with Crippen LogP contribution in [0.5, 0.6) is 5.88 Å². The zero-order chi connectivity index (χ0) is 21.3. The zero-order valence-corrected chi connectivity index (χ0v) is 19.8. The van der Waals surface area contributed by atoms with Gasteiger partial charge in [0.15, 0.2) is 0 Å². The molecule has 0 unspecified atom stereocenters. The number of rotatable bonds is 3. The Morgan fingerprint density at radius 1 is 1.06 bits per heavy atom. The van der Waals surface area contributed by atoms with E-state index in [0.717, 1.165) is 57.6 Å². The highest BCUT2D eigenvalue weighted by atomic mass is 35.5. The summed E-state index contributed by atoms with van der Waals surface area (Å²) in [7, 11) is 0. The van der Waals surface area contributed by atoms with Gasteiger partial charge in [-0.25, -0.2) is 9.97 Å². The fourth-order valence-corrected chi connectivity index (χ4v) is 3.85. The summed E-state index contributed by atoms with van der Waals surface area (Å²) < 4.78 is 6.12. The molecule has 0 aromatic carbocycles. The molecule has 2 aromatic rings. The van der Waals surface area contributed by atoms with E-state index < -0.39 is 0 Å². The molecule has 10 heteroatoms. The molecular weight excluding hydrogens is 461 g/mol. The third-order valence-electron chi connectivity index (χ3n) is 5.30. The van der Waals surface area contributed by atoms with Crippen LogP contribution in [-0.2, 0) is 4.79 Å². The van der Waals surface area contributed by atoms with Crippen molar-refractivity contribution in [3.05, 3.63) is 46.6 Å². The first kappa shape index (κ1) is 25.6. The van der Waals surface area contributed by atoms with Gasteiger partial charge in [0.25, 0.3) is 0 Å². The van der Waals surface area contributed by atoms with Crippen LogP contribution in [0, 0.1) is 0 Å². The van der Waals surface area contributed by atoms with Crippen LogP contribution in [0.3, 0.4) is 0 Å². The Morgan fingerprint density at radius 2 is 1.74 bits per heavy atom. The summed E-state index contributed by atoms with van der Waals surface area (Å²) in [5.74, 6) is 1.18. The largest absolute Gasteiger partial charge is 0.473 e. The molecule has 4 heterocycles. The van der Waals surface area contributed by atoms with E-state index >= 15 is 0 Å². The minimum absolute atomic E-state index is 0. The molecule has 4 rings (SSSR count). The maximum absolute atomic E-state index is 11.4. The summed E-state index contributed by atoms with van der Waals surface area (Å²) in [6.45, 7) is 5.22. The molecule has 0 spiro atoms. The monoisotopic (exact) mass is 487 g/mol. The maximum atomic E-state index is 11.4. The number of carbonyl (C=O) groups is 1. The minimum atomic E-state index is 0. The van der Waals surface area contributed by atoms with Crippen LogP contribution in [0.15, 0.2) is 30.7 Å². The van der Waals surface area contributed by atoms with Gasteiger partial charge in [0.2, 0.25) is 11.8 Å². The standard InChI is InChI=1S/C16H24N4O2.C5H3Cl2N.ClH/c1-12(21)20-10-4-13(5-11-20)15-16(19-9-8-18-15)22-14-2-6-17-7-3-14;6-4-2-1-3-8-5(4)7;/h8-9,13-14,17H,2-7,10-11H2,1H3;1-3H;1H. The van der Waals surface area contributed by atoms with Gasteiger partial charge in [-0.3, -0.25) is 9.78 Å². The number of halogens is 3. The van der Waals surface area contributed by atoms with Crippen molar-refractivity contribution in [1.82, 2.24) is 25.2 Å². The van der Waals surface area contributed by atoms with Crippen molar-refractivity contribution in [2.45, 2.75) is 44.6 Å². The minimum Gasteiger partial charge on any atom is -0.473 e. The average molecular weight is 489 g/mol. The van der Waals surface area contributed by atoms with Crippen LogP contribution >= 0.6 is 35.6 Å². The number of amides is 1. The number of ether oxygens (including phenoxy) is 1. The zero-order valence-electron chi connectivity index (χ0n) is 17.5. The summed E-state index contributed by atoms with van der Waals surface area (Å²) in [6.07, 6.45) is 9.15. The Morgan fingerprint density at radius 3 is 2.32 bits per heavy atom. The summed E-state index contributed by atoms with van der Waals surface area (Å²) in [6, 6.07) is 3.42. The van der Waals surface area contributed by atoms with Crippen LogP contribution in [0.25, 0.3) is 0 Å². The Labute approximate surface area is 199 Å². The van der Waals surface area contributed by atoms with Gasteiger partial charge in [0.1, 0.15) is 17.0 Å². The Kier molecular flexibility index (Phi) is 10.7. The SMILES string of the molecule is CC(=O)N1CCC(c2nccnc2OC2CCNCC2)CC1.Cl.Clc1cccnc1Cl. The molecule has 0 bridgehead atoms. The number of carbonyl (C=O) groups excluding carboxylic acids is 1. The number of nitrogens with zero attached hydrogens (tertiary/aromatic N) is 4. The van der Waals surface area contributed by atoms with Gasteiger partial charge >= 0.3 is 0 Å². The number of pyridine rings is 1. The fourth-order valence-electron chi connectivity index (χ4n) is 3.61. The summed E-state index contributed by atoms with van der Waals surface area (Å²) in [5.41, 5.74) is 0.962. The molecule has 170 valence electrons. The fraction of sp³-hybridized carbons (Fsp3) is 0.524. The first-order valence-corrected chi connectivity index (χ1v) is 11.0. The molecule has 2 aliphatic rings. The Hall–Kier alpha value is -1.67. The second-order valence-electron chi connectivity index (χ2n) is 7.37. The lowest BCUT2D eigenvalue weighted by Gasteiger charge is -2.32. The average Bonchev–Trinajstić information content (AvgIpc) is 2.77. The highest BCUT2D eigenvalue weighted by Gasteiger charge is 2.27. The topological polar surface area (TPSA) is 80.2 Å². The third-order valence-corrected chi connectivity index (χ3v) is 6.00. The van der Waals surface area contributed by atoms with Gasteiger partial charge in [-0.1, -0.05) is 23.2 Å². The van der Waals surface area contributed by atoms with Crippen molar-refractivity contribution in [3.8, 4) is 5.88 Å². The number of hydrogen-bond acceptors (Lipinski definition) is 6. The number of hydrogen-bond donors (Lipinski definition) is 1. The van der Waals surface area contributed by atoms with E-state index in [1.165, 1.54) is 0 Å². The molecule has 0 atom stereocenters. The van der Waals surface area contributed by atoms with E-state index in [0.29, 0.717) is 22.0 Å². The van der Waals surface area contributed by atoms with Gasteiger partial charge in [0.05, 0.1) is 5.02 Å². The van der Waals surface area contributed by atoms with Gasteiger partial charge < -0.3 is 15.0 Å². The van der Waals surface area contributed by atoms with Gasteiger partial charge in [-0.05, 0) is 50.9 Å². The maximum Gasteiger partial charge on any atom is 0.236 e. The molecule has 1 N–H and O–H groups in total. The van der Waals surface area contributed by atoms with E-state index in [9.17, 15) is 4.79 Å². The van der Waals surface area contributed by atoms with E-state index in [1.54, 1.807) is 37.6 Å². The lowest BCUT2D eigenvalue weighted by molar-refractivity contribution is -0.129. The number of piperidine rings is 2. The second-order valence-corrected chi connectivity index (χ2v) is 8.14. The Balaban J connectivity index is 0.000000322. The predicted octanol–water partition coefficient (Wildman–Crippen LogP) is 4.14. The van der Waals surface area contributed by atoms with Crippen LogP contribution in [0.2, 0.25) is 10.2 Å². The smallest absolute Gasteiger partial charge is 0.236 e. The summed E-state index contributed by atoms with van der Waals surface area (Å²) in [4.78, 5) is 26.0. The number of nitrogens with one attached hydrogen (secondary N) is 1. The van der Waals surface area contributed by atoms with E-state index in [2.05, 4.69) is 20.3 Å². The number of likely N-dealkylation sites (tertiary alicyclic amines) is 1. The summed E-state index contributed by atoms with van der Waals surface area (Å²) in [5, 5.41) is 4.19. The molecule has 2 aromatic heterocycles. The van der Waals surface area contributed by atoms with Crippen LogP contribution < -0.4 is 10.1 Å². The highest BCUT2D eigenvalue weighted by molar-refractivity contribution is 6.41. The molecule has 7 nitrogen and oxygen atoms in total. The van der Waals surface area contributed by atoms with Crippen molar-refractivity contribution in [2.75, 3.05) is 26.2 Å². The predicted molar refractivity (Wildman–Crippen MR) is 124 cm³/mol. The van der Waals surface area contributed by atoms with Crippen LogP contribution in [-0.4, -0.2) is 58.0 Å². The van der Waals surface area contributed by atoms with Crippen molar-refractivity contribution < 1.29 is 9.53 Å². The second kappa shape index (κ2) is 13.0. The van der Waals surface area contributed by atoms with Crippen molar-refractivity contribution in [3.63, 3.8) is 0 Å². The van der Waals surface area contributed by atoms with E-state index in [-0.39, 0.29) is 24.4 Å². The third kappa shape index (κ3) is 7.75. The number of aromatic nitrogens is 3. The molecule has 0 radical (unpaired) electrons. The first-order chi connectivity index (χ1) is 14.5. The van der Waals surface area contributed by atoms with Crippen molar-refractivity contribution in [1.29, 1.82) is 0 Å². The molecule has 1 amide bonds. The molecule has 0 aliphatic carbocycles. The Bertz CT molecular complexity index is 807. The van der Waals surface area contributed by atoms with E-state index in [1.807, 2.05) is 4.90 Å². The summed E-state index contributed by atoms with van der Waals surface area (Å²) >= 11 is 11.0. The van der Waals surface area contributed by atoms with Gasteiger partial charge in [-0.2, -0.15) is 0 Å². The van der Waals surface area contributed by atoms with Gasteiger partial charge in [-0.15, -0.1) is 12.4 Å². The molecule has 31 heavy (non-hydrogen) atoms. The highest BCUT2D eigenvalue weighted by Crippen LogP contribution is 2.32. The molecule has 2 saturated heterocycles. The molecule has 2 aliphatic heterocycles. The van der Waals surface area contributed by atoms with Crippen molar-refractivity contribution >= 4 is 41.5 Å². The van der Waals surface area contributed by atoms with Crippen LogP contribution in [0.4, 0.5) is 0 Å². The lowest BCUT2D eigenvalue weighted by Crippen LogP contribution is -2.37. The first-order valence-electron chi connectivity index (χ1n) is 10.2. The van der Waals surface area contributed by atoms with Crippen LogP contribution in [0.1, 0.15) is 44.2 Å². The lowest BCUT2D eigenvalue weighted by atomic mass is 9.93. The molecule has 2 fully saturated rings. The molecule has 0 saturated carbocycles. The normalized spacial score (nSPS) is 17.2. The van der Waals surface area contributed by atoms with E-state index in [4.69, 9.17) is 27.9 Å². The van der Waals surface area contributed by atoms with Crippen molar-refractivity contribution in [2.24, 2.45) is 0 Å². The van der Waals surface area contributed by atoms with Gasteiger partial charge in [0, 0.05) is 44.5 Å². The molecular formula is C21H28Cl3N5O2.